The largest absolute Gasteiger partial charge is 1.00 e. The van der Waals surface area contributed by atoms with Gasteiger partial charge in [0.15, 0.2) is 12.4 Å². The van der Waals surface area contributed by atoms with Crippen LogP contribution in [0.4, 0.5) is 0 Å². The van der Waals surface area contributed by atoms with Crippen molar-refractivity contribution < 1.29 is 35.8 Å². The topological polar surface area (TPSA) is 52.3 Å². The van der Waals surface area contributed by atoms with E-state index in [1.807, 2.05) is 66.3 Å². The molecule has 0 unspecified atom stereocenters. The second kappa shape index (κ2) is 9.83. The van der Waals surface area contributed by atoms with Gasteiger partial charge in [0.1, 0.15) is 18.1 Å². The minimum Gasteiger partial charge on any atom is -1.00 e. The van der Waals surface area contributed by atoms with E-state index in [-0.39, 0.29) is 29.3 Å². The molecule has 3 rings (SSSR count). The molecular weight excluding hydrogens is 408 g/mol. The Balaban J connectivity index is 0.00000261. The maximum atomic E-state index is 12.4. The Morgan fingerprint density at radius 2 is 1.78 bits per heavy atom. The predicted molar refractivity (Wildman–Crippen MR) is 97.3 cm³/mol. The molecule has 0 saturated carbocycles. The minimum absolute atomic E-state index is 0. The van der Waals surface area contributed by atoms with E-state index >= 15 is 0 Å². The lowest BCUT2D eigenvalue weighted by Gasteiger charge is -2.06. The highest BCUT2D eigenvalue weighted by molar-refractivity contribution is 5.95. The second-order valence-corrected chi connectivity index (χ2v) is 5.92. The first kappa shape index (κ1) is 20.6. The number of carbonyl (C=O) groups is 1. The predicted octanol–water partition coefficient (Wildman–Crippen LogP) is 0.152. The Morgan fingerprint density at radius 3 is 2.48 bits per heavy atom. The van der Waals surface area contributed by atoms with Crippen LogP contribution < -0.4 is 31.0 Å². The van der Waals surface area contributed by atoms with E-state index in [0.717, 1.165) is 17.1 Å². The maximum absolute atomic E-state index is 12.4. The Bertz CT molecular complexity index is 898. The monoisotopic (exact) mass is 428 g/mol. The number of benzene rings is 1. The normalized spacial score (nSPS) is 10.0. The van der Waals surface area contributed by atoms with Crippen molar-refractivity contribution in [3.8, 4) is 11.5 Å². The van der Waals surface area contributed by atoms with Gasteiger partial charge in [-0.1, -0.05) is 18.2 Å². The number of hydrogen-bond acceptors (Lipinski definition) is 4. The van der Waals surface area contributed by atoms with Gasteiger partial charge in [-0.25, -0.2) is 0 Å². The first-order valence-electron chi connectivity index (χ1n) is 8.36. The summed E-state index contributed by atoms with van der Waals surface area (Å²) in [5, 5.41) is 0. The highest BCUT2D eigenvalue weighted by atomic mass is 79.9. The van der Waals surface area contributed by atoms with Crippen LogP contribution in [-0.4, -0.2) is 17.9 Å². The van der Waals surface area contributed by atoms with Crippen molar-refractivity contribution in [1.82, 2.24) is 4.98 Å². The number of methoxy groups -OCH3 is 1. The number of pyridine rings is 2. The third kappa shape index (κ3) is 5.89. The summed E-state index contributed by atoms with van der Waals surface area (Å²) in [6, 6.07) is 16.7. The second-order valence-electron chi connectivity index (χ2n) is 5.92. The molecule has 0 amide bonds. The summed E-state index contributed by atoms with van der Waals surface area (Å²) in [5.41, 5.74) is 2.48. The van der Waals surface area contributed by atoms with E-state index in [9.17, 15) is 4.79 Å². The molecule has 1 aromatic carbocycles. The zero-order valence-corrected chi connectivity index (χ0v) is 16.8. The van der Waals surface area contributed by atoms with Gasteiger partial charge in [-0.3, -0.25) is 9.78 Å². The maximum Gasteiger partial charge on any atom is 0.227 e. The van der Waals surface area contributed by atoms with E-state index < -0.39 is 0 Å². The molecule has 6 heteroatoms. The molecule has 2 heterocycles. The lowest BCUT2D eigenvalue weighted by Crippen LogP contribution is -3.00. The number of hydrogen-bond donors (Lipinski definition) is 0. The number of nitrogens with zero attached hydrogens (tertiary/aromatic N) is 2. The van der Waals surface area contributed by atoms with Crippen molar-refractivity contribution in [2.24, 2.45) is 0 Å². The summed E-state index contributed by atoms with van der Waals surface area (Å²) in [4.78, 5) is 16.8. The van der Waals surface area contributed by atoms with Crippen LogP contribution in [0.5, 0.6) is 11.5 Å². The fourth-order valence-corrected chi connectivity index (χ4v) is 2.54. The summed E-state index contributed by atoms with van der Waals surface area (Å²) in [5.74, 6) is 1.43. The summed E-state index contributed by atoms with van der Waals surface area (Å²) >= 11 is 0. The first-order valence-corrected chi connectivity index (χ1v) is 8.36. The van der Waals surface area contributed by atoms with E-state index in [2.05, 4.69) is 4.98 Å². The standard InChI is InChI=1S/C21H21N2O3.BrH/c1-16-5-3-7-18(22-16)15-26-19-9-11-23(12-10-19)14-21(24)17-6-4-8-20(13-17)25-2;/h3-13H,14-15H2,1-2H3;1H/q+1;/p-1. The van der Waals surface area contributed by atoms with Crippen LogP contribution >= 0.6 is 0 Å². The summed E-state index contributed by atoms with van der Waals surface area (Å²) in [6.45, 7) is 2.62. The summed E-state index contributed by atoms with van der Waals surface area (Å²) in [6.07, 6.45) is 3.66. The Labute approximate surface area is 169 Å². The lowest BCUT2D eigenvalue weighted by molar-refractivity contribution is -0.683. The van der Waals surface area contributed by atoms with Crippen LogP contribution in [0.1, 0.15) is 21.7 Å². The Kier molecular flexibility index (Phi) is 7.49. The molecule has 0 spiro atoms. The highest BCUT2D eigenvalue weighted by Crippen LogP contribution is 2.13. The van der Waals surface area contributed by atoms with Crippen molar-refractivity contribution in [1.29, 1.82) is 0 Å². The molecule has 0 atom stereocenters. The molecule has 3 aromatic rings. The van der Waals surface area contributed by atoms with Crippen LogP contribution in [0.25, 0.3) is 0 Å². The number of aromatic nitrogens is 2. The number of carbonyl (C=O) groups excluding carboxylic acids is 1. The van der Waals surface area contributed by atoms with E-state index in [1.54, 1.807) is 19.2 Å². The fourth-order valence-electron chi connectivity index (χ4n) is 2.54. The molecule has 5 nitrogen and oxygen atoms in total. The quantitative estimate of drug-likeness (QED) is 0.397. The van der Waals surface area contributed by atoms with Gasteiger partial charge in [-0.05, 0) is 31.2 Å². The number of aryl methyl sites for hydroxylation is 1. The molecule has 0 fully saturated rings. The van der Waals surface area contributed by atoms with Crippen molar-refractivity contribution in [3.05, 3.63) is 83.9 Å². The molecule has 0 bridgehead atoms. The van der Waals surface area contributed by atoms with Gasteiger partial charge in [0, 0.05) is 23.4 Å². The van der Waals surface area contributed by atoms with Gasteiger partial charge in [0.05, 0.1) is 12.8 Å². The van der Waals surface area contributed by atoms with Crippen LogP contribution in [-0.2, 0) is 13.2 Å². The van der Waals surface area contributed by atoms with E-state index in [4.69, 9.17) is 9.47 Å². The average molecular weight is 429 g/mol. The Hall–Kier alpha value is -2.73. The molecule has 0 aliphatic carbocycles. The molecular formula is C21H21BrN2O3. The lowest BCUT2D eigenvalue weighted by atomic mass is 10.1. The van der Waals surface area contributed by atoms with Gasteiger partial charge in [0.25, 0.3) is 0 Å². The van der Waals surface area contributed by atoms with Crippen LogP contribution in [0.15, 0.2) is 67.0 Å². The zero-order chi connectivity index (χ0) is 18.4. The van der Waals surface area contributed by atoms with E-state index in [1.165, 1.54) is 0 Å². The molecule has 0 radical (unpaired) electrons. The van der Waals surface area contributed by atoms with Gasteiger partial charge < -0.3 is 26.5 Å². The zero-order valence-electron chi connectivity index (χ0n) is 15.3. The Morgan fingerprint density at radius 1 is 1.04 bits per heavy atom. The van der Waals surface area contributed by atoms with Gasteiger partial charge >= 0.3 is 0 Å². The fraction of sp³-hybridized carbons (Fsp3) is 0.190. The van der Waals surface area contributed by atoms with Gasteiger partial charge in [0.2, 0.25) is 12.3 Å². The van der Waals surface area contributed by atoms with Gasteiger partial charge in [-0.15, -0.1) is 0 Å². The van der Waals surface area contributed by atoms with Crippen molar-refractivity contribution in [3.63, 3.8) is 0 Å². The molecule has 0 N–H and O–H groups in total. The third-order valence-corrected chi connectivity index (χ3v) is 3.91. The highest BCUT2D eigenvalue weighted by Gasteiger charge is 2.13. The molecule has 27 heavy (non-hydrogen) atoms. The van der Waals surface area contributed by atoms with Crippen LogP contribution in [0.2, 0.25) is 0 Å². The number of halogens is 1. The van der Waals surface area contributed by atoms with E-state index in [0.29, 0.717) is 17.9 Å². The molecule has 0 aliphatic heterocycles. The van der Waals surface area contributed by atoms with Crippen LogP contribution in [0.3, 0.4) is 0 Å². The minimum atomic E-state index is 0. The molecule has 0 saturated heterocycles. The number of ether oxygens (including phenoxy) is 2. The van der Waals surface area contributed by atoms with Crippen molar-refractivity contribution in [2.45, 2.75) is 20.1 Å². The SMILES string of the molecule is COc1cccc(C(=O)C[n+]2ccc(OCc3cccc(C)n3)cc2)c1.[Br-]. The number of Topliss-reactive ketones (excluding diaryl/α,β-unsaturated/α-hetero) is 1. The summed E-state index contributed by atoms with van der Waals surface area (Å²) in [7, 11) is 1.59. The third-order valence-electron chi connectivity index (χ3n) is 3.91. The smallest absolute Gasteiger partial charge is 0.227 e. The molecule has 2 aromatic heterocycles. The van der Waals surface area contributed by atoms with Crippen LogP contribution in [0, 0.1) is 6.92 Å². The van der Waals surface area contributed by atoms with Gasteiger partial charge in [-0.2, -0.15) is 4.57 Å². The first-order chi connectivity index (χ1) is 12.6. The number of ketones is 1. The molecule has 0 aliphatic rings. The molecule has 140 valence electrons. The summed E-state index contributed by atoms with van der Waals surface area (Å²) < 4.78 is 12.7. The van der Waals surface area contributed by atoms with Crippen molar-refractivity contribution >= 4 is 5.78 Å². The average Bonchev–Trinajstić information content (AvgIpc) is 2.67. The van der Waals surface area contributed by atoms with Crippen molar-refractivity contribution in [2.75, 3.05) is 7.11 Å². The number of rotatable bonds is 7.